The first-order valence-corrected chi connectivity index (χ1v) is 4.26. The minimum atomic E-state index is 0.109. The molecule has 2 rings (SSSR count). The molecule has 0 unspecified atom stereocenters. The third-order valence-electron chi connectivity index (χ3n) is 2.00. The van der Waals surface area contributed by atoms with Crippen molar-refractivity contribution in [1.82, 2.24) is 20.5 Å². The number of hydroxylamine groups is 1. The fraction of sp³-hybridized carbons (Fsp3) is 0.714. The molecule has 2 N–H and O–H groups in total. The van der Waals surface area contributed by atoms with Gasteiger partial charge in [-0.25, -0.2) is 10.2 Å². The molecule has 1 aromatic rings. The standard InChI is InChI=1S/C7H12N4O2/c12-2-1-6-4-11(10-9-6)7-3-8-13-5-7/h4,7-8,12H,1-3,5H2/t7-/m0/s1. The van der Waals surface area contributed by atoms with Gasteiger partial charge in [-0.2, -0.15) is 0 Å². The number of nitrogens with one attached hydrogen (secondary N) is 1. The summed E-state index contributed by atoms with van der Waals surface area (Å²) in [6.07, 6.45) is 2.40. The predicted octanol–water partition coefficient (Wildman–Crippen LogP) is -1.11. The van der Waals surface area contributed by atoms with Crippen LogP contribution in [0, 0.1) is 0 Å². The highest BCUT2D eigenvalue weighted by Gasteiger charge is 2.18. The normalized spacial score (nSPS) is 22.4. The van der Waals surface area contributed by atoms with E-state index in [0.717, 1.165) is 12.2 Å². The van der Waals surface area contributed by atoms with Gasteiger partial charge in [0.15, 0.2) is 0 Å². The maximum Gasteiger partial charge on any atom is 0.0937 e. The highest BCUT2D eigenvalue weighted by molar-refractivity contribution is 4.94. The Kier molecular flexibility index (Phi) is 2.53. The van der Waals surface area contributed by atoms with E-state index >= 15 is 0 Å². The molecule has 6 heteroatoms. The molecule has 6 nitrogen and oxygen atoms in total. The number of aromatic nitrogens is 3. The summed E-state index contributed by atoms with van der Waals surface area (Å²) in [4.78, 5) is 4.99. The van der Waals surface area contributed by atoms with Gasteiger partial charge in [-0.1, -0.05) is 5.21 Å². The van der Waals surface area contributed by atoms with Gasteiger partial charge < -0.3 is 5.11 Å². The lowest BCUT2D eigenvalue weighted by Crippen LogP contribution is -2.14. The Labute approximate surface area is 75.5 Å². The van der Waals surface area contributed by atoms with Crippen molar-refractivity contribution in [2.75, 3.05) is 19.8 Å². The van der Waals surface area contributed by atoms with E-state index in [0.29, 0.717) is 13.0 Å². The van der Waals surface area contributed by atoms with E-state index in [2.05, 4.69) is 15.8 Å². The highest BCUT2D eigenvalue weighted by atomic mass is 16.7. The Hall–Kier alpha value is -0.980. The van der Waals surface area contributed by atoms with E-state index in [1.807, 2.05) is 6.20 Å². The van der Waals surface area contributed by atoms with Crippen LogP contribution in [0.3, 0.4) is 0 Å². The van der Waals surface area contributed by atoms with E-state index in [1.54, 1.807) is 4.68 Å². The lowest BCUT2D eigenvalue weighted by Gasteiger charge is -2.03. The van der Waals surface area contributed by atoms with Crippen molar-refractivity contribution in [2.45, 2.75) is 12.5 Å². The van der Waals surface area contributed by atoms with Crippen LogP contribution in [-0.2, 0) is 11.3 Å². The van der Waals surface area contributed by atoms with E-state index in [9.17, 15) is 0 Å². The molecule has 0 spiro atoms. The maximum absolute atomic E-state index is 8.68. The SMILES string of the molecule is OCCc1cn([C@H]2CNOC2)nn1. The average Bonchev–Trinajstić information content (AvgIpc) is 2.70. The van der Waals surface area contributed by atoms with Crippen LogP contribution in [0.5, 0.6) is 0 Å². The topological polar surface area (TPSA) is 72.2 Å². The molecule has 13 heavy (non-hydrogen) atoms. The molecular formula is C7H12N4O2. The van der Waals surface area contributed by atoms with Crippen molar-refractivity contribution < 1.29 is 9.94 Å². The van der Waals surface area contributed by atoms with Gasteiger partial charge in [0.25, 0.3) is 0 Å². The fourth-order valence-corrected chi connectivity index (χ4v) is 1.26. The second-order valence-corrected chi connectivity index (χ2v) is 2.98. The molecular weight excluding hydrogens is 172 g/mol. The van der Waals surface area contributed by atoms with E-state index < -0.39 is 0 Å². The lowest BCUT2D eigenvalue weighted by molar-refractivity contribution is 0.0968. The average molecular weight is 184 g/mol. The molecule has 1 atom stereocenters. The summed E-state index contributed by atoms with van der Waals surface area (Å²) < 4.78 is 1.77. The highest BCUT2D eigenvalue weighted by Crippen LogP contribution is 2.09. The van der Waals surface area contributed by atoms with Gasteiger partial charge in [0.05, 0.1) is 18.3 Å². The van der Waals surface area contributed by atoms with Crippen LogP contribution in [-0.4, -0.2) is 39.9 Å². The molecule has 1 aliphatic rings. The Morgan fingerprint density at radius 3 is 3.38 bits per heavy atom. The third kappa shape index (κ3) is 1.85. The summed E-state index contributed by atoms with van der Waals surface area (Å²) in [5.74, 6) is 0. The number of aliphatic hydroxyl groups excluding tert-OH is 1. The first kappa shape index (κ1) is 8.61. The molecule has 0 saturated carbocycles. The van der Waals surface area contributed by atoms with Crippen molar-refractivity contribution >= 4 is 0 Å². The van der Waals surface area contributed by atoms with Crippen LogP contribution in [0.15, 0.2) is 6.20 Å². The van der Waals surface area contributed by atoms with Crippen molar-refractivity contribution in [3.05, 3.63) is 11.9 Å². The van der Waals surface area contributed by atoms with E-state index in [1.165, 1.54) is 0 Å². The Morgan fingerprint density at radius 1 is 1.77 bits per heavy atom. The molecule has 72 valence electrons. The zero-order chi connectivity index (χ0) is 9.10. The van der Waals surface area contributed by atoms with Crippen molar-refractivity contribution in [1.29, 1.82) is 0 Å². The quantitative estimate of drug-likeness (QED) is 0.623. The zero-order valence-corrected chi connectivity index (χ0v) is 7.18. The molecule has 1 fully saturated rings. The molecule has 0 aromatic carbocycles. The molecule has 1 aliphatic heterocycles. The minimum absolute atomic E-state index is 0.109. The van der Waals surface area contributed by atoms with Crippen LogP contribution >= 0.6 is 0 Å². The second kappa shape index (κ2) is 3.82. The minimum Gasteiger partial charge on any atom is -0.396 e. The summed E-state index contributed by atoms with van der Waals surface area (Å²) in [7, 11) is 0. The second-order valence-electron chi connectivity index (χ2n) is 2.98. The summed E-state index contributed by atoms with van der Waals surface area (Å²) in [5, 5.41) is 16.6. The van der Waals surface area contributed by atoms with Crippen LogP contribution in [0.25, 0.3) is 0 Å². The summed E-state index contributed by atoms with van der Waals surface area (Å²) in [6.45, 7) is 1.47. The zero-order valence-electron chi connectivity index (χ0n) is 7.18. The summed E-state index contributed by atoms with van der Waals surface area (Å²) >= 11 is 0. The maximum atomic E-state index is 8.68. The van der Waals surface area contributed by atoms with Gasteiger partial charge in [-0.3, -0.25) is 4.84 Å². The summed E-state index contributed by atoms with van der Waals surface area (Å²) in [6, 6.07) is 0.222. The van der Waals surface area contributed by atoms with Crippen LogP contribution in [0.1, 0.15) is 11.7 Å². The monoisotopic (exact) mass is 184 g/mol. The van der Waals surface area contributed by atoms with Gasteiger partial charge in [0, 0.05) is 25.8 Å². The van der Waals surface area contributed by atoms with Gasteiger partial charge in [-0.15, -0.1) is 5.10 Å². The number of hydrogen-bond donors (Lipinski definition) is 2. The Morgan fingerprint density at radius 2 is 2.69 bits per heavy atom. The van der Waals surface area contributed by atoms with Gasteiger partial charge in [0.1, 0.15) is 0 Å². The number of nitrogens with zero attached hydrogens (tertiary/aromatic N) is 3. The van der Waals surface area contributed by atoms with Gasteiger partial charge >= 0.3 is 0 Å². The molecule has 1 saturated heterocycles. The van der Waals surface area contributed by atoms with Gasteiger partial charge in [0.2, 0.25) is 0 Å². The largest absolute Gasteiger partial charge is 0.396 e. The first-order chi connectivity index (χ1) is 6.40. The Bertz CT molecular complexity index is 269. The van der Waals surface area contributed by atoms with E-state index in [4.69, 9.17) is 9.94 Å². The van der Waals surface area contributed by atoms with Crippen molar-refractivity contribution in [2.24, 2.45) is 0 Å². The third-order valence-corrected chi connectivity index (χ3v) is 2.00. The summed E-state index contributed by atoms with van der Waals surface area (Å²) in [5.41, 5.74) is 3.59. The fourth-order valence-electron chi connectivity index (χ4n) is 1.26. The molecule has 2 heterocycles. The van der Waals surface area contributed by atoms with Crippen molar-refractivity contribution in [3.63, 3.8) is 0 Å². The number of rotatable bonds is 3. The van der Waals surface area contributed by atoms with Crippen LogP contribution < -0.4 is 5.48 Å². The van der Waals surface area contributed by atoms with Gasteiger partial charge in [-0.05, 0) is 0 Å². The number of aliphatic hydroxyl groups is 1. The predicted molar refractivity (Wildman–Crippen MR) is 43.8 cm³/mol. The number of hydrogen-bond acceptors (Lipinski definition) is 5. The van der Waals surface area contributed by atoms with Crippen molar-refractivity contribution in [3.8, 4) is 0 Å². The molecule has 0 radical (unpaired) electrons. The lowest BCUT2D eigenvalue weighted by atomic mass is 10.3. The molecule has 0 bridgehead atoms. The van der Waals surface area contributed by atoms with Crippen LogP contribution in [0.4, 0.5) is 0 Å². The molecule has 0 amide bonds. The molecule has 1 aromatic heterocycles. The van der Waals surface area contributed by atoms with Crippen LogP contribution in [0.2, 0.25) is 0 Å². The van der Waals surface area contributed by atoms with E-state index in [-0.39, 0.29) is 12.6 Å². The first-order valence-electron chi connectivity index (χ1n) is 4.26. The Balaban J connectivity index is 2.03. The smallest absolute Gasteiger partial charge is 0.0937 e. The molecule has 0 aliphatic carbocycles.